The van der Waals surface area contributed by atoms with Gasteiger partial charge in [0.05, 0.1) is 0 Å². The predicted octanol–water partition coefficient (Wildman–Crippen LogP) is 0.468. The molecule has 0 aliphatic heterocycles. The monoisotopic (exact) mass is 128 g/mol. The fourth-order valence-electron chi connectivity index (χ4n) is 0.620. The Hall–Kier alpha value is -1.32. The summed E-state index contributed by atoms with van der Waals surface area (Å²) in [6.45, 7) is 0. The zero-order valence-electron chi connectivity index (χ0n) is 4.97. The zero-order valence-corrected chi connectivity index (χ0v) is 4.97. The number of aromatic hydroxyl groups is 2. The van der Waals surface area contributed by atoms with Crippen molar-refractivity contribution in [2.75, 3.05) is 12.4 Å². The molecule has 0 aliphatic rings. The average Bonchev–Trinajstić information content (AvgIpc) is 2.10. The first kappa shape index (κ1) is 5.81. The third-order valence-electron chi connectivity index (χ3n) is 1.05. The molecule has 0 radical (unpaired) electrons. The lowest BCUT2D eigenvalue weighted by Crippen LogP contribution is -1.83. The molecule has 0 amide bonds. The van der Waals surface area contributed by atoms with E-state index < -0.39 is 0 Å². The van der Waals surface area contributed by atoms with Gasteiger partial charge >= 0.3 is 0 Å². The van der Waals surface area contributed by atoms with Crippen molar-refractivity contribution in [2.45, 2.75) is 0 Å². The lowest BCUT2D eigenvalue weighted by molar-refractivity contribution is 0.426. The van der Waals surface area contributed by atoms with Crippen LogP contribution in [0, 0.1) is 0 Å². The fraction of sp³-hybridized carbons (Fsp3) is 0.200. The topological polar surface area (TPSA) is 68.3 Å². The van der Waals surface area contributed by atoms with Crippen molar-refractivity contribution in [1.29, 1.82) is 0 Å². The van der Waals surface area contributed by atoms with E-state index in [0.29, 0.717) is 5.69 Å². The number of rotatable bonds is 1. The molecule has 4 heteroatoms. The first-order chi connectivity index (χ1) is 4.24. The molecule has 1 aromatic rings. The van der Waals surface area contributed by atoms with Crippen molar-refractivity contribution in [1.82, 2.24) is 4.98 Å². The van der Waals surface area contributed by atoms with Crippen LogP contribution in [0.25, 0.3) is 0 Å². The highest BCUT2D eigenvalue weighted by atomic mass is 16.3. The van der Waals surface area contributed by atoms with Gasteiger partial charge in [-0.15, -0.1) is 0 Å². The van der Waals surface area contributed by atoms with Crippen molar-refractivity contribution in [3.8, 4) is 11.8 Å². The Labute approximate surface area is 52.1 Å². The molecule has 0 unspecified atom stereocenters. The molecule has 1 heterocycles. The fourth-order valence-corrected chi connectivity index (χ4v) is 0.620. The van der Waals surface area contributed by atoms with Crippen LogP contribution in [-0.4, -0.2) is 22.2 Å². The minimum Gasteiger partial charge on any atom is -0.494 e. The van der Waals surface area contributed by atoms with Crippen molar-refractivity contribution in [3.05, 3.63) is 6.07 Å². The van der Waals surface area contributed by atoms with Gasteiger partial charge in [-0.05, 0) is 0 Å². The van der Waals surface area contributed by atoms with Gasteiger partial charge in [0.2, 0.25) is 5.88 Å². The van der Waals surface area contributed by atoms with E-state index >= 15 is 0 Å². The van der Waals surface area contributed by atoms with E-state index in [2.05, 4.69) is 10.3 Å². The largest absolute Gasteiger partial charge is 0.494 e. The summed E-state index contributed by atoms with van der Waals surface area (Å²) in [7, 11) is 1.66. The SMILES string of the molecule is CNc1cc(O)[nH]c1O. The molecular formula is C5H8N2O2. The highest BCUT2D eigenvalue weighted by molar-refractivity contribution is 5.55. The summed E-state index contributed by atoms with van der Waals surface area (Å²) < 4.78 is 0. The summed E-state index contributed by atoms with van der Waals surface area (Å²) in [5.41, 5.74) is 0.493. The van der Waals surface area contributed by atoms with Crippen LogP contribution in [0.3, 0.4) is 0 Å². The van der Waals surface area contributed by atoms with E-state index in [9.17, 15) is 0 Å². The maximum atomic E-state index is 8.85. The lowest BCUT2D eigenvalue weighted by Gasteiger charge is -1.91. The Balaban J connectivity index is 3.01. The summed E-state index contributed by atoms with van der Waals surface area (Å²) in [5, 5.41) is 20.2. The molecule has 0 aromatic carbocycles. The van der Waals surface area contributed by atoms with Gasteiger partial charge in [0.15, 0.2) is 5.88 Å². The second-order valence-electron chi connectivity index (χ2n) is 1.67. The molecule has 0 bridgehead atoms. The van der Waals surface area contributed by atoms with Crippen LogP contribution in [0.2, 0.25) is 0 Å². The predicted molar refractivity (Wildman–Crippen MR) is 33.7 cm³/mol. The van der Waals surface area contributed by atoms with Crippen molar-refractivity contribution in [3.63, 3.8) is 0 Å². The van der Waals surface area contributed by atoms with Gasteiger partial charge in [0.25, 0.3) is 0 Å². The van der Waals surface area contributed by atoms with Gasteiger partial charge in [-0.1, -0.05) is 0 Å². The number of nitrogens with one attached hydrogen (secondary N) is 2. The summed E-state index contributed by atoms with van der Waals surface area (Å²) >= 11 is 0. The highest BCUT2D eigenvalue weighted by Crippen LogP contribution is 2.25. The normalized spacial score (nSPS) is 9.44. The quantitative estimate of drug-likeness (QED) is 0.444. The lowest BCUT2D eigenvalue weighted by atomic mass is 10.5. The van der Waals surface area contributed by atoms with Crippen LogP contribution in [0.5, 0.6) is 11.8 Å². The van der Waals surface area contributed by atoms with Crippen molar-refractivity contribution in [2.24, 2.45) is 0 Å². The molecule has 0 spiro atoms. The maximum Gasteiger partial charge on any atom is 0.215 e. The van der Waals surface area contributed by atoms with Gasteiger partial charge in [-0.25, -0.2) is 0 Å². The molecule has 50 valence electrons. The van der Waals surface area contributed by atoms with E-state index in [1.807, 2.05) is 0 Å². The number of aromatic nitrogens is 1. The van der Waals surface area contributed by atoms with Crippen molar-refractivity contribution >= 4 is 5.69 Å². The zero-order chi connectivity index (χ0) is 6.85. The molecule has 4 nitrogen and oxygen atoms in total. The Bertz CT molecular complexity index is 207. The van der Waals surface area contributed by atoms with Gasteiger partial charge in [-0.3, -0.25) is 4.98 Å². The first-order valence-corrected chi connectivity index (χ1v) is 2.52. The van der Waals surface area contributed by atoms with Gasteiger partial charge < -0.3 is 15.5 Å². The number of H-pyrrole nitrogens is 1. The van der Waals surface area contributed by atoms with Crippen LogP contribution in [0.4, 0.5) is 5.69 Å². The molecule has 9 heavy (non-hydrogen) atoms. The standard InChI is InChI=1S/C5H8N2O2/c1-6-3-2-4(8)7-5(3)9/h2,6-9H,1H3. The number of anilines is 1. The van der Waals surface area contributed by atoms with Crippen molar-refractivity contribution < 1.29 is 10.2 Å². The van der Waals surface area contributed by atoms with Crippen LogP contribution in [0.15, 0.2) is 6.07 Å². The first-order valence-electron chi connectivity index (χ1n) is 2.52. The second kappa shape index (κ2) is 1.89. The molecule has 1 rings (SSSR count). The molecular weight excluding hydrogens is 120 g/mol. The summed E-state index contributed by atoms with van der Waals surface area (Å²) in [6.07, 6.45) is 0. The number of hydrogen-bond acceptors (Lipinski definition) is 3. The van der Waals surface area contributed by atoms with Gasteiger partial charge in [-0.2, -0.15) is 0 Å². The Morgan fingerprint density at radius 3 is 2.44 bits per heavy atom. The van der Waals surface area contributed by atoms with E-state index in [0.717, 1.165) is 0 Å². The van der Waals surface area contributed by atoms with Crippen LogP contribution in [-0.2, 0) is 0 Å². The Kier molecular flexibility index (Phi) is 1.22. The summed E-state index contributed by atoms with van der Waals surface area (Å²) in [5.74, 6) is -0.0909. The van der Waals surface area contributed by atoms with E-state index in [-0.39, 0.29) is 11.8 Å². The van der Waals surface area contributed by atoms with Crippen LogP contribution in [0.1, 0.15) is 0 Å². The molecule has 0 atom stereocenters. The number of hydrogen-bond donors (Lipinski definition) is 4. The molecule has 4 N–H and O–H groups in total. The molecule has 1 aromatic heterocycles. The summed E-state index contributed by atoms with van der Waals surface area (Å²) in [4.78, 5) is 2.31. The van der Waals surface area contributed by atoms with Gasteiger partial charge in [0.1, 0.15) is 5.69 Å². The maximum absolute atomic E-state index is 8.85. The van der Waals surface area contributed by atoms with E-state index in [1.165, 1.54) is 6.07 Å². The smallest absolute Gasteiger partial charge is 0.215 e. The third-order valence-corrected chi connectivity index (χ3v) is 1.05. The average molecular weight is 128 g/mol. The minimum atomic E-state index is -0.0463. The van der Waals surface area contributed by atoms with E-state index in [1.54, 1.807) is 7.05 Å². The Morgan fingerprint density at radius 1 is 1.56 bits per heavy atom. The molecule has 0 aliphatic carbocycles. The molecule has 0 saturated carbocycles. The van der Waals surface area contributed by atoms with Crippen LogP contribution < -0.4 is 5.32 Å². The van der Waals surface area contributed by atoms with Gasteiger partial charge in [0, 0.05) is 13.1 Å². The third kappa shape index (κ3) is 0.910. The number of aromatic amines is 1. The van der Waals surface area contributed by atoms with Crippen LogP contribution >= 0.6 is 0 Å². The highest BCUT2D eigenvalue weighted by Gasteiger charge is 2.01. The van der Waals surface area contributed by atoms with E-state index in [4.69, 9.17) is 10.2 Å². The molecule has 0 fully saturated rings. The summed E-state index contributed by atoms with van der Waals surface area (Å²) in [6, 6.07) is 1.40. The second-order valence-corrected chi connectivity index (χ2v) is 1.67. The molecule has 0 saturated heterocycles. The Morgan fingerprint density at radius 2 is 2.22 bits per heavy atom. The minimum absolute atomic E-state index is 0.0446.